The number of nitrogens with zero attached hydrogens (tertiary/aromatic N) is 1. The number of benzene rings is 1. The molecular weight excluding hydrogens is 300 g/mol. The minimum atomic E-state index is 0.117. The zero-order valence-corrected chi connectivity index (χ0v) is 15.2. The van der Waals surface area contributed by atoms with Crippen molar-refractivity contribution in [2.45, 2.75) is 26.3 Å². The fourth-order valence-corrected chi connectivity index (χ4v) is 2.77. The van der Waals surface area contributed by atoms with Gasteiger partial charge in [-0.2, -0.15) is 0 Å². The highest BCUT2D eigenvalue weighted by molar-refractivity contribution is 5.94. The van der Waals surface area contributed by atoms with Crippen molar-refractivity contribution in [3.63, 3.8) is 0 Å². The molecule has 1 heterocycles. The number of hydrogen-bond acceptors (Lipinski definition) is 4. The Hall–Kier alpha value is -1.92. The zero-order chi connectivity index (χ0) is 17.9. The average Bonchev–Trinajstić information content (AvgIpc) is 2.57. The van der Waals surface area contributed by atoms with E-state index in [0.717, 1.165) is 43.5 Å². The third-order valence-corrected chi connectivity index (χ3v) is 4.23. The number of nitrogens with one attached hydrogen (secondary N) is 4. The van der Waals surface area contributed by atoms with Gasteiger partial charge in [-0.3, -0.25) is 10.8 Å². The topological polar surface area (TPSA) is 101 Å². The van der Waals surface area contributed by atoms with Gasteiger partial charge < -0.3 is 21.3 Å². The molecule has 0 atom stereocenters. The lowest BCUT2D eigenvalue weighted by Gasteiger charge is -2.32. The highest BCUT2D eigenvalue weighted by Gasteiger charge is 2.18. The molecule has 6 heteroatoms. The van der Waals surface area contributed by atoms with E-state index in [2.05, 4.69) is 15.5 Å². The van der Waals surface area contributed by atoms with E-state index in [1.807, 2.05) is 45.3 Å². The van der Waals surface area contributed by atoms with Gasteiger partial charge in [0.25, 0.3) is 0 Å². The van der Waals surface area contributed by atoms with E-state index >= 15 is 0 Å². The van der Waals surface area contributed by atoms with Gasteiger partial charge in [0.1, 0.15) is 5.84 Å². The number of nitrogens with two attached hydrogens (primary N) is 1. The lowest BCUT2D eigenvalue weighted by molar-refractivity contribution is 0.261. The van der Waals surface area contributed by atoms with Gasteiger partial charge >= 0.3 is 0 Å². The molecule has 6 N–H and O–H groups in total. The van der Waals surface area contributed by atoms with Crippen LogP contribution in [-0.4, -0.2) is 50.3 Å². The molecule has 1 aromatic rings. The molecule has 0 unspecified atom stereocenters. The Kier molecular flexibility index (Phi) is 9.04. The standard InChI is InChI=1S/C9H19N3.C9H13N3/c1-8(10)12-5-3-9(4-6-12)7-11-2;1-12-6-7-2-4-8(5-3-7)9(10)11/h9-11H,3-7H2,1-2H3;2-5,12H,6H2,1H3,(H3,10,11). The van der Waals surface area contributed by atoms with E-state index in [0.29, 0.717) is 0 Å². The summed E-state index contributed by atoms with van der Waals surface area (Å²) < 4.78 is 0. The summed E-state index contributed by atoms with van der Waals surface area (Å²) in [5, 5.41) is 20.9. The molecule has 6 nitrogen and oxygen atoms in total. The Morgan fingerprint density at radius 2 is 1.71 bits per heavy atom. The van der Waals surface area contributed by atoms with Crippen LogP contribution in [0.1, 0.15) is 30.9 Å². The molecule has 1 fully saturated rings. The summed E-state index contributed by atoms with van der Waals surface area (Å²) in [6.45, 7) is 5.99. The predicted molar refractivity (Wildman–Crippen MR) is 102 cm³/mol. The summed E-state index contributed by atoms with van der Waals surface area (Å²) in [7, 11) is 3.91. The number of hydrogen-bond donors (Lipinski definition) is 5. The van der Waals surface area contributed by atoms with Crippen molar-refractivity contribution in [3.05, 3.63) is 35.4 Å². The van der Waals surface area contributed by atoms with Gasteiger partial charge in [-0.15, -0.1) is 0 Å². The fourth-order valence-electron chi connectivity index (χ4n) is 2.77. The Balaban J connectivity index is 0.000000240. The Morgan fingerprint density at radius 1 is 1.12 bits per heavy atom. The van der Waals surface area contributed by atoms with Crippen molar-refractivity contribution >= 4 is 11.7 Å². The zero-order valence-electron chi connectivity index (χ0n) is 15.2. The summed E-state index contributed by atoms with van der Waals surface area (Å²) in [5.41, 5.74) is 7.28. The third kappa shape index (κ3) is 7.10. The second-order valence-electron chi connectivity index (χ2n) is 6.21. The van der Waals surface area contributed by atoms with Gasteiger partial charge in [0.2, 0.25) is 0 Å². The van der Waals surface area contributed by atoms with Crippen LogP contribution in [0.3, 0.4) is 0 Å². The minimum absolute atomic E-state index is 0.117. The first-order chi connectivity index (χ1) is 11.5. The average molecular weight is 332 g/mol. The maximum atomic E-state index is 7.47. The molecular formula is C18H32N6. The summed E-state index contributed by atoms with van der Waals surface area (Å²) in [6, 6.07) is 7.64. The number of piperidine rings is 1. The molecule has 1 aliphatic rings. The second kappa shape index (κ2) is 10.8. The molecule has 134 valence electrons. The number of nitrogen functional groups attached to an aromatic ring is 1. The van der Waals surface area contributed by atoms with Gasteiger partial charge in [0.05, 0.1) is 5.84 Å². The van der Waals surface area contributed by atoms with Gasteiger partial charge in [-0.1, -0.05) is 24.3 Å². The molecule has 0 saturated carbocycles. The van der Waals surface area contributed by atoms with Crippen LogP contribution in [0.25, 0.3) is 0 Å². The number of rotatable bonds is 5. The molecule has 0 radical (unpaired) electrons. The van der Waals surface area contributed by atoms with E-state index in [4.69, 9.17) is 16.6 Å². The van der Waals surface area contributed by atoms with Crippen LogP contribution in [-0.2, 0) is 6.54 Å². The summed E-state index contributed by atoms with van der Waals surface area (Å²) in [4.78, 5) is 2.16. The van der Waals surface area contributed by atoms with Crippen LogP contribution < -0.4 is 16.4 Å². The van der Waals surface area contributed by atoms with E-state index in [9.17, 15) is 0 Å². The van der Waals surface area contributed by atoms with Crippen LogP contribution >= 0.6 is 0 Å². The Bertz CT molecular complexity index is 503. The van der Waals surface area contributed by atoms with Crippen LogP contribution in [0.5, 0.6) is 0 Å². The number of amidine groups is 2. The fraction of sp³-hybridized carbons (Fsp3) is 0.556. The molecule has 0 bridgehead atoms. The smallest absolute Gasteiger partial charge is 0.122 e. The van der Waals surface area contributed by atoms with Gasteiger partial charge in [0, 0.05) is 25.2 Å². The molecule has 2 rings (SSSR count). The Labute approximate surface area is 145 Å². The molecule has 1 saturated heterocycles. The third-order valence-electron chi connectivity index (χ3n) is 4.23. The van der Waals surface area contributed by atoms with Crippen LogP contribution in [0.2, 0.25) is 0 Å². The summed E-state index contributed by atoms with van der Waals surface area (Å²) >= 11 is 0. The van der Waals surface area contributed by atoms with Crippen molar-refractivity contribution in [1.82, 2.24) is 15.5 Å². The molecule has 0 aromatic heterocycles. The first-order valence-corrected chi connectivity index (χ1v) is 8.50. The largest absolute Gasteiger partial charge is 0.384 e. The van der Waals surface area contributed by atoms with Crippen molar-refractivity contribution in [1.29, 1.82) is 10.8 Å². The maximum absolute atomic E-state index is 7.47. The van der Waals surface area contributed by atoms with E-state index < -0.39 is 0 Å². The van der Waals surface area contributed by atoms with Gasteiger partial charge in [0.15, 0.2) is 0 Å². The normalized spacial score (nSPS) is 14.7. The lowest BCUT2D eigenvalue weighted by Crippen LogP contribution is -2.38. The number of likely N-dealkylation sites (tertiary alicyclic amines) is 1. The van der Waals surface area contributed by atoms with Crippen LogP contribution in [0.15, 0.2) is 24.3 Å². The van der Waals surface area contributed by atoms with Gasteiger partial charge in [-0.05, 0) is 51.9 Å². The minimum Gasteiger partial charge on any atom is -0.384 e. The molecule has 0 spiro atoms. The predicted octanol–water partition coefficient (Wildman–Crippen LogP) is 1.61. The van der Waals surface area contributed by atoms with Crippen molar-refractivity contribution < 1.29 is 0 Å². The quantitative estimate of drug-likeness (QED) is 0.418. The monoisotopic (exact) mass is 332 g/mol. The SMILES string of the molecule is CNCC1CCN(C(C)=N)CC1.CNCc1ccc(C(=N)N)cc1. The first kappa shape index (κ1) is 20.1. The van der Waals surface area contributed by atoms with Crippen LogP contribution in [0.4, 0.5) is 0 Å². The van der Waals surface area contributed by atoms with E-state index in [-0.39, 0.29) is 5.84 Å². The molecule has 1 aromatic carbocycles. The first-order valence-electron chi connectivity index (χ1n) is 8.50. The Morgan fingerprint density at radius 3 is 2.12 bits per heavy atom. The van der Waals surface area contributed by atoms with E-state index in [1.54, 1.807) is 0 Å². The molecule has 1 aliphatic heterocycles. The summed E-state index contributed by atoms with van der Waals surface area (Å²) in [5.74, 6) is 1.66. The lowest BCUT2D eigenvalue weighted by atomic mass is 9.97. The second-order valence-corrected chi connectivity index (χ2v) is 6.21. The van der Waals surface area contributed by atoms with Crippen molar-refractivity contribution in [2.75, 3.05) is 33.7 Å². The molecule has 0 aliphatic carbocycles. The highest BCUT2D eigenvalue weighted by Crippen LogP contribution is 2.15. The molecule has 24 heavy (non-hydrogen) atoms. The molecule has 0 amide bonds. The van der Waals surface area contributed by atoms with Crippen LogP contribution in [0, 0.1) is 16.7 Å². The van der Waals surface area contributed by atoms with Crippen molar-refractivity contribution in [2.24, 2.45) is 11.7 Å². The highest BCUT2D eigenvalue weighted by atomic mass is 15.2. The summed E-state index contributed by atoms with van der Waals surface area (Å²) in [6.07, 6.45) is 2.47. The van der Waals surface area contributed by atoms with E-state index in [1.165, 1.54) is 18.4 Å². The maximum Gasteiger partial charge on any atom is 0.122 e. The van der Waals surface area contributed by atoms with Gasteiger partial charge in [-0.25, -0.2) is 0 Å². The van der Waals surface area contributed by atoms with Crippen molar-refractivity contribution in [3.8, 4) is 0 Å².